The molecule has 2 aromatic carbocycles. The Balaban J connectivity index is 2.47. The topological polar surface area (TPSA) is 41.9 Å². The second-order valence-electron chi connectivity index (χ2n) is 8.57. The number of amides is 1. The smallest absolute Gasteiger partial charge is 0.270 e. The summed E-state index contributed by atoms with van der Waals surface area (Å²) in [5.41, 5.74) is 0.982. The van der Waals surface area contributed by atoms with Gasteiger partial charge in [0.25, 0.3) is 5.91 Å². The SMILES string of the molecule is [2H]c1c([2H])c([2H])c(C2=NC(O[Si](C)(C)C)C(=O)N([Si](C)(C)C)c3ccc(Cl)cc32)c([2H])c1[2H]. The summed E-state index contributed by atoms with van der Waals surface area (Å²) in [7, 11) is -4.58. The Bertz CT molecular complexity index is 1150. The molecule has 3 rings (SSSR count). The number of benzodiazepines with no additional fused rings is 1. The van der Waals surface area contributed by atoms with Crippen molar-refractivity contribution in [2.75, 3.05) is 4.57 Å². The van der Waals surface area contributed by atoms with Crippen molar-refractivity contribution in [2.24, 2.45) is 4.99 Å². The van der Waals surface area contributed by atoms with E-state index < -0.39 is 53.0 Å². The molecule has 4 nitrogen and oxygen atoms in total. The van der Waals surface area contributed by atoms with E-state index in [1.165, 1.54) is 0 Å². The lowest BCUT2D eigenvalue weighted by molar-refractivity contribution is -0.124. The van der Waals surface area contributed by atoms with Crippen LogP contribution in [0.5, 0.6) is 0 Å². The molecular formula is C21H27ClN2O2Si2. The molecule has 1 atom stereocenters. The summed E-state index contributed by atoms with van der Waals surface area (Å²) in [6, 6.07) is 2.76. The van der Waals surface area contributed by atoms with Crippen LogP contribution in [0, 0.1) is 0 Å². The minimum atomic E-state index is -2.32. The van der Waals surface area contributed by atoms with Gasteiger partial charge < -0.3 is 8.99 Å². The van der Waals surface area contributed by atoms with Crippen LogP contribution in [0.25, 0.3) is 0 Å². The number of anilines is 1. The van der Waals surface area contributed by atoms with Gasteiger partial charge in [0.1, 0.15) is 0 Å². The third-order valence-electron chi connectivity index (χ3n) is 4.01. The molecule has 0 aliphatic carbocycles. The molecule has 1 amide bonds. The molecule has 0 spiro atoms. The highest BCUT2D eigenvalue weighted by Gasteiger charge is 2.40. The van der Waals surface area contributed by atoms with E-state index in [1.54, 1.807) is 22.8 Å². The summed E-state index contributed by atoms with van der Waals surface area (Å²) in [6.07, 6.45) is -1.21. The van der Waals surface area contributed by atoms with Crippen LogP contribution in [0.1, 0.15) is 18.0 Å². The fourth-order valence-electron chi connectivity index (χ4n) is 3.04. The van der Waals surface area contributed by atoms with Crippen molar-refractivity contribution >= 4 is 45.5 Å². The molecule has 0 saturated carbocycles. The highest BCUT2D eigenvalue weighted by molar-refractivity contribution is 6.83. The summed E-state index contributed by atoms with van der Waals surface area (Å²) < 4.78 is 49.1. The lowest BCUT2D eigenvalue weighted by Gasteiger charge is -2.36. The van der Waals surface area contributed by atoms with Crippen molar-refractivity contribution in [1.29, 1.82) is 0 Å². The molecule has 1 heterocycles. The van der Waals surface area contributed by atoms with Crippen LogP contribution in [0.15, 0.2) is 53.4 Å². The molecule has 0 aromatic heterocycles. The van der Waals surface area contributed by atoms with Crippen LogP contribution in [-0.2, 0) is 9.22 Å². The number of halogens is 1. The Hall–Kier alpha value is -1.74. The maximum absolute atomic E-state index is 13.8. The molecule has 0 bridgehead atoms. The molecule has 7 heteroatoms. The molecule has 28 heavy (non-hydrogen) atoms. The fraction of sp³-hybridized carbons (Fsp3) is 0.333. The number of hydrogen-bond acceptors (Lipinski definition) is 3. The lowest BCUT2D eigenvalue weighted by atomic mass is 10.0. The first-order chi connectivity index (χ1) is 15.0. The zero-order valence-electron chi connectivity index (χ0n) is 21.9. The number of carbonyl (C=O) groups is 1. The highest BCUT2D eigenvalue weighted by Crippen LogP contribution is 2.34. The van der Waals surface area contributed by atoms with E-state index in [-0.39, 0.29) is 17.2 Å². The zero-order chi connectivity index (χ0) is 25.0. The molecule has 2 aromatic rings. The molecule has 1 aliphatic rings. The van der Waals surface area contributed by atoms with Crippen molar-refractivity contribution in [1.82, 2.24) is 0 Å². The van der Waals surface area contributed by atoms with Crippen LogP contribution < -0.4 is 4.57 Å². The normalized spacial score (nSPS) is 20.3. The van der Waals surface area contributed by atoms with E-state index in [0.29, 0.717) is 16.3 Å². The first kappa shape index (κ1) is 15.1. The van der Waals surface area contributed by atoms with Crippen LogP contribution in [-0.4, -0.2) is 34.4 Å². The Labute approximate surface area is 181 Å². The zero-order valence-corrected chi connectivity index (χ0v) is 19.7. The lowest BCUT2D eigenvalue weighted by Crippen LogP contribution is -2.54. The summed E-state index contributed by atoms with van der Waals surface area (Å²) in [4.78, 5) is 18.4. The predicted octanol–water partition coefficient (Wildman–Crippen LogP) is 5.54. The van der Waals surface area contributed by atoms with Gasteiger partial charge in [0, 0.05) is 21.8 Å². The van der Waals surface area contributed by atoms with Gasteiger partial charge in [-0.05, 0) is 37.8 Å². The molecule has 0 fully saturated rings. The van der Waals surface area contributed by atoms with E-state index >= 15 is 0 Å². The largest absolute Gasteiger partial charge is 0.389 e. The van der Waals surface area contributed by atoms with Gasteiger partial charge in [0.15, 0.2) is 16.6 Å². The van der Waals surface area contributed by atoms with Crippen LogP contribution in [0.2, 0.25) is 44.3 Å². The number of fused-ring (bicyclic) bond motifs is 1. The Morgan fingerprint density at radius 3 is 2.32 bits per heavy atom. The van der Waals surface area contributed by atoms with Gasteiger partial charge in [-0.2, -0.15) is 0 Å². The first-order valence-corrected chi connectivity index (χ1v) is 16.2. The summed E-state index contributed by atoms with van der Waals surface area (Å²) in [5.74, 6) is -0.331. The minimum absolute atomic E-state index is 0.0843. The van der Waals surface area contributed by atoms with Crippen molar-refractivity contribution in [3.63, 3.8) is 0 Å². The van der Waals surface area contributed by atoms with Crippen LogP contribution >= 0.6 is 11.6 Å². The monoisotopic (exact) mass is 435 g/mol. The maximum atomic E-state index is 13.8. The maximum Gasteiger partial charge on any atom is 0.270 e. The van der Waals surface area contributed by atoms with E-state index in [4.69, 9.17) is 22.9 Å². The van der Waals surface area contributed by atoms with E-state index in [9.17, 15) is 4.79 Å². The molecule has 0 radical (unpaired) electrons. The molecule has 1 unspecified atom stereocenters. The number of nitrogens with zero attached hydrogens (tertiary/aromatic N) is 2. The Morgan fingerprint density at radius 2 is 1.75 bits per heavy atom. The van der Waals surface area contributed by atoms with Crippen molar-refractivity contribution in [2.45, 2.75) is 45.5 Å². The van der Waals surface area contributed by atoms with Gasteiger partial charge in [-0.3, -0.25) is 4.79 Å². The summed E-state index contributed by atoms with van der Waals surface area (Å²) in [6.45, 7) is 11.9. The third-order valence-corrected chi connectivity index (χ3v) is 6.97. The van der Waals surface area contributed by atoms with Crippen molar-refractivity contribution < 1.29 is 16.1 Å². The van der Waals surface area contributed by atoms with Crippen LogP contribution in [0.3, 0.4) is 0 Å². The summed E-state index contributed by atoms with van der Waals surface area (Å²) >= 11 is 6.32. The standard InChI is InChI=1S/C21H27ClN2O2Si2/c1-27(2,3)24-18-13-12-16(22)14-17(18)19(15-10-8-7-9-11-15)23-20(21(24)25)26-28(4,5)6/h7-14,20H,1-6H3/i7D,8D,9D,10D,11D. The molecule has 0 saturated heterocycles. The number of carbonyl (C=O) groups excluding carboxylic acids is 1. The molecule has 148 valence electrons. The molecule has 1 aliphatic heterocycles. The second-order valence-corrected chi connectivity index (χ2v) is 18.3. The quantitative estimate of drug-likeness (QED) is 0.592. The van der Waals surface area contributed by atoms with Gasteiger partial charge in [-0.1, -0.05) is 61.5 Å². The number of hydrogen-bond donors (Lipinski definition) is 0. The fourth-order valence-corrected chi connectivity index (χ4v) is 5.72. The van der Waals surface area contributed by atoms with E-state index in [2.05, 4.69) is 4.99 Å². The Morgan fingerprint density at radius 1 is 1.11 bits per heavy atom. The third kappa shape index (κ3) is 4.46. The van der Waals surface area contributed by atoms with Gasteiger partial charge in [0.2, 0.25) is 6.23 Å². The van der Waals surface area contributed by atoms with Gasteiger partial charge in [0.05, 0.1) is 12.6 Å². The van der Waals surface area contributed by atoms with Crippen LogP contribution in [0.4, 0.5) is 5.69 Å². The molecular weight excluding hydrogens is 404 g/mol. The van der Waals surface area contributed by atoms with E-state index in [0.717, 1.165) is 0 Å². The molecule has 0 N–H and O–H groups in total. The van der Waals surface area contributed by atoms with Crippen molar-refractivity contribution in [3.05, 3.63) is 64.6 Å². The number of rotatable bonds is 4. The number of benzene rings is 2. The minimum Gasteiger partial charge on any atom is -0.389 e. The average molecular weight is 436 g/mol. The summed E-state index contributed by atoms with van der Waals surface area (Å²) in [5, 5.41) is 0.376. The highest BCUT2D eigenvalue weighted by atomic mass is 35.5. The average Bonchev–Trinajstić information content (AvgIpc) is 2.79. The first-order valence-electron chi connectivity index (χ1n) is 11.5. The number of aliphatic imine (C=N–C) groups is 1. The second kappa shape index (κ2) is 7.59. The van der Waals surface area contributed by atoms with E-state index in [1.807, 2.05) is 39.3 Å². The Kier molecular flexibility index (Phi) is 4.11. The van der Waals surface area contributed by atoms with Crippen molar-refractivity contribution in [3.8, 4) is 0 Å². The van der Waals surface area contributed by atoms with Gasteiger partial charge in [-0.25, -0.2) is 4.99 Å². The predicted molar refractivity (Wildman–Crippen MR) is 123 cm³/mol. The van der Waals surface area contributed by atoms with Gasteiger partial charge >= 0.3 is 0 Å². The van der Waals surface area contributed by atoms with Gasteiger partial charge in [-0.15, -0.1) is 0 Å².